The van der Waals surface area contributed by atoms with Crippen molar-refractivity contribution in [1.82, 2.24) is 24.8 Å². The summed E-state index contributed by atoms with van der Waals surface area (Å²) in [6.07, 6.45) is 8.65. The van der Waals surface area contributed by atoms with Gasteiger partial charge in [-0.05, 0) is 18.9 Å². The number of amides is 1. The van der Waals surface area contributed by atoms with E-state index in [1.807, 2.05) is 24.9 Å². The molecule has 24 heavy (non-hydrogen) atoms. The van der Waals surface area contributed by atoms with Crippen molar-refractivity contribution in [1.29, 1.82) is 0 Å². The Labute approximate surface area is 141 Å². The van der Waals surface area contributed by atoms with Crippen LogP contribution in [0.15, 0.2) is 30.9 Å². The van der Waals surface area contributed by atoms with Gasteiger partial charge in [0.2, 0.25) is 11.9 Å². The third-order valence-electron chi connectivity index (χ3n) is 4.18. The van der Waals surface area contributed by atoms with Gasteiger partial charge in [-0.1, -0.05) is 13.8 Å². The Bertz CT molecular complexity index is 682. The first-order chi connectivity index (χ1) is 11.6. The van der Waals surface area contributed by atoms with Gasteiger partial charge in [-0.2, -0.15) is 0 Å². The molecule has 1 N–H and O–H groups in total. The quantitative estimate of drug-likeness (QED) is 0.928. The number of aromatic nitrogens is 4. The highest BCUT2D eigenvalue weighted by Crippen LogP contribution is 2.27. The van der Waals surface area contributed by atoms with E-state index >= 15 is 0 Å². The Morgan fingerprint density at radius 1 is 1.21 bits per heavy atom. The van der Waals surface area contributed by atoms with E-state index in [1.54, 1.807) is 24.7 Å². The lowest BCUT2D eigenvalue weighted by Gasteiger charge is -2.32. The molecule has 2 aromatic rings. The van der Waals surface area contributed by atoms with E-state index in [0.29, 0.717) is 17.7 Å². The molecule has 0 atom stereocenters. The zero-order valence-corrected chi connectivity index (χ0v) is 14.0. The van der Waals surface area contributed by atoms with Gasteiger partial charge in [-0.25, -0.2) is 15.0 Å². The lowest BCUT2D eigenvalue weighted by Crippen LogP contribution is -2.40. The number of hydrogen-bond acceptors (Lipinski definition) is 6. The standard InChI is InChI=1S/C17H22N6O/c1-12(2)16(24)23-8-4-13(5-9-23)14-10-18-11-15(21-14)22-17-19-6-3-7-20-17/h3,6-7,10-13H,4-5,8-9H2,1-2H3,(H,19,20,21,22). The number of anilines is 2. The summed E-state index contributed by atoms with van der Waals surface area (Å²) in [5, 5.41) is 3.06. The number of piperidine rings is 1. The van der Waals surface area contributed by atoms with Gasteiger partial charge >= 0.3 is 0 Å². The van der Waals surface area contributed by atoms with Crippen LogP contribution < -0.4 is 5.32 Å². The van der Waals surface area contributed by atoms with Gasteiger partial charge in [0.15, 0.2) is 5.82 Å². The van der Waals surface area contributed by atoms with Gasteiger partial charge in [0.05, 0.1) is 11.9 Å². The van der Waals surface area contributed by atoms with Crippen molar-refractivity contribution in [2.75, 3.05) is 18.4 Å². The summed E-state index contributed by atoms with van der Waals surface area (Å²) in [5.74, 6) is 1.75. The second-order valence-electron chi connectivity index (χ2n) is 6.28. The van der Waals surface area contributed by atoms with Crippen LogP contribution in [0.4, 0.5) is 11.8 Å². The van der Waals surface area contributed by atoms with E-state index in [4.69, 9.17) is 0 Å². The summed E-state index contributed by atoms with van der Waals surface area (Å²) < 4.78 is 0. The van der Waals surface area contributed by atoms with E-state index in [-0.39, 0.29) is 11.8 Å². The summed E-state index contributed by atoms with van der Waals surface area (Å²) in [4.78, 5) is 31.2. The number of nitrogens with one attached hydrogen (secondary N) is 1. The fourth-order valence-electron chi connectivity index (χ4n) is 2.88. The largest absolute Gasteiger partial charge is 0.342 e. The maximum absolute atomic E-state index is 12.1. The molecule has 3 rings (SSSR count). The molecule has 7 heteroatoms. The first-order valence-corrected chi connectivity index (χ1v) is 8.28. The third kappa shape index (κ3) is 3.84. The van der Waals surface area contributed by atoms with Crippen molar-refractivity contribution in [3.8, 4) is 0 Å². The smallest absolute Gasteiger partial charge is 0.228 e. The van der Waals surface area contributed by atoms with Crippen LogP contribution in [0, 0.1) is 5.92 Å². The molecule has 1 aliphatic rings. The molecule has 1 saturated heterocycles. The molecule has 1 amide bonds. The van der Waals surface area contributed by atoms with Crippen molar-refractivity contribution < 1.29 is 4.79 Å². The molecule has 2 aromatic heterocycles. The van der Waals surface area contributed by atoms with E-state index in [9.17, 15) is 4.79 Å². The molecule has 1 aliphatic heterocycles. The first-order valence-electron chi connectivity index (χ1n) is 8.28. The van der Waals surface area contributed by atoms with E-state index in [1.165, 1.54) is 0 Å². The van der Waals surface area contributed by atoms with Crippen molar-refractivity contribution in [3.63, 3.8) is 0 Å². The zero-order valence-electron chi connectivity index (χ0n) is 14.0. The van der Waals surface area contributed by atoms with Crippen LogP contribution in [-0.2, 0) is 4.79 Å². The van der Waals surface area contributed by atoms with Crippen LogP contribution in [-0.4, -0.2) is 43.8 Å². The molecular weight excluding hydrogens is 304 g/mol. The first kappa shape index (κ1) is 16.3. The average molecular weight is 326 g/mol. The number of carbonyl (C=O) groups is 1. The predicted octanol–water partition coefficient (Wildman–Crippen LogP) is 2.37. The Morgan fingerprint density at radius 3 is 2.58 bits per heavy atom. The van der Waals surface area contributed by atoms with Crippen molar-refractivity contribution in [2.24, 2.45) is 5.92 Å². The van der Waals surface area contributed by atoms with Crippen molar-refractivity contribution in [2.45, 2.75) is 32.6 Å². The van der Waals surface area contributed by atoms with Crippen LogP contribution in [0.3, 0.4) is 0 Å². The highest BCUT2D eigenvalue weighted by molar-refractivity contribution is 5.78. The molecule has 7 nitrogen and oxygen atoms in total. The van der Waals surface area contributed by atoms with Gasteiger partial charge in [0, 0.05) is 43.5 Å². The topological polar surface area (TPSA) is 83.9 Å². The zero-order chi connectivity index (χ0) is 16.9. The van der Waals surface area contributed by atoms with Crippen molar-refractivity contribution >= 4 is 17.7 Å². The summed E-state index contributed by atoms with van der Waals surface area (Å²) in [6, 6.07) is 1.76. The molecule has 0 radical (unpaired) electrons. The van der Waals surface area contributed by atoms with Crippen LogP contribution in [0.25, 0.3) is 0 Å². The van der Waals surface area contributed by atoms with Crippen LogP contribution in [0.5, 0.6) is 0 Å². The van der Waals surface area contributed by atoms with E-state index < -0.39 is 0 Å². The number of hydrogen-bond donors (Lipinski definition) is 1. The molecule has 0 saturated carbocycles. The van der Waals surface area contributed by atoms with Crippen LogP contribution >= 0.6 is 0 Å². The van der Waals surface area contributed by atoms with E-state index in [2.05, 4.69) is 25.3 Å². The Hall–Kier alpha value is -2.57. The summed E-state index contributed by atoms with van der Waals surface area (Å²) >= 11 is 0. The van der Waals surface area contributed by atoms with Gasteiger partial charge in [-0.3, -0.25) is 9.78 Å². The number of nitrogens with zero attached hydrogens (tertiary/aromatic N) is 5. The molecule has 126 valence electrons. The molecule has 1 fully saturated rings. The van der Waals surface area contributed by atoms with Gasteiger partial charge < -0.3 is 10.2 Å². The second-order valence-corrected chi connectivity index (χ2v) is 6.28. The van der Waals surface area contributed by atoms with Crippen LogP contribution in [0.1, 0.15) is 38.3 Å². The number of likely N-dealkylation sites (tertiary alicyclic amines) is 1. The average Bonchev–Trinajstić information content (AvgIpc) is 2.62. The minimum atomic E-state index is 0.0553. The van der Waals surface area contributed by atoms with E-state index in [0.717, 1.165) is 31.6 Å². The molecule has 0 spiro atoms. The summed E-state index contributed by atoms with van der Waals surface area (Å²) in [5.41, 5.74) is 0.951. The van der Waals surface area contributed by atoms with Gasteiger partial charge in [0.25, 0.3) is 0 Å². The monoisotopic (exact) mass is 326 g/mol. The lowest BCUT2D eigenvalue weighted by molar-refractivity contribution is -0.135. The normalized spacial score (nSPS) is 15.5. The second kappa shape index (κ2) is 7.33. The Kier molecular flexibility index (Phi) is 4.98. The van der Waals surface area contributed by atoms with Gasteiger partial charge in [0.1, 0.15) is 0 Å². The minimum Gasteiger partial charge on any atom is -0.342 e. The number of carbonyl (C=O) groups excluding carboxylic acids is 1. The highest BCUT2D eigenvalue weighted by Gasteiger charge is 2.26. The minimum absolute atomic E-state index is 0.0553. The molecule has 0 aliphatic carbocycles. The SMILES string of the molecule is CC(C)C(=O)N1CCC(c2cncc(Nc3ncccn3)n2)CC1. The van der Waals surface area contributed by atoms with Crippen LogP contribution in [0.2, 0.25) is 0 Å². The Morgan fingerprint density at radius 2 is 1.92 bits per heavy atom. The fraction of sp³-hybridized carbons (Fsp3) is 0.471. The highest BCUT2D eigenvalue weighted by atomic mass is 16.2. The van der Waals surface area contributed by atoms with Crippen molar-refractivity contribution in [3.05, 3.63) is 36.5 Å². The maximum Gasteiger partial charge on any atom is 0.228 e. The number of rotatable bonds is 4. The molecular formula is C17H22N6O. The van der Waals surface area contributed by atoms with Gasteiger partial charge in [-0.15, -0.1) is 0 Å². The summed E-state index contributed by atoms with van der Waals surface area (Å²) in [6.45, 7) is 5.45. The fourth-order valence-corrected chi connectivity index (χ4v) is 2.88. The molecule has 0 bridgehead atoms. The molecule has 0 unspecified atom stereocenters. The maximum atomic E-state index is 12.1. The Balaban J connectivity index is 1.64. The molecule has 3 heterocycles. The third-order valence-corrected chi connectivity index (χ3v) is 4.18. The predicted molar refractivity (Wildman–Crippen MR) is 90.7 cm³/mol. The summed E-state index contributed by atoms with van der Waals surface area (Å²) in [7, 11) is 0. The molecule has 0 aromatic carbocycles. The lowest BCUT2D eigenvalue weighted by atomic mass is 9.93.